The molecule has 0 aromatic carbocycles. The van der Waals surface area contributed by atoms with Gasteiger partial charge < -0.3 is 15.4 Å². The van der Waals surface area contributed by atoms with E-state index in [0.29, 0.717) is 18.2 Å². The monoisotopic (exact) mass is 283 g/mol. The van der Waals surface area contributed by atoms with E-state index in [4.69, 9.17) is 10.5 Å². The molecule has 118 valence electrons. The number of morpholine rings is 1. The van der Waals surface area contributed by atoms with Crippen molar-refractivity contribution < 1.29 is 4.74 Å². The predicted octanol–water partition coefficient (Wildman–Crippen LogP) is 1.69. The summed E-state index contributed by atoms with van der Waals surface area (Å²) in [5, 5.41) is 0. The molecule has 2 saturated heterocycles. The molecule has 0 saturated carbocycles. The van der Waals surface area contributed by atoms with Crippen LogP contribution in [0.15, 0.2) is 0 Å². The highest BCUT2D eigenvalue weighted by Crippen LogP contribution is 2.31. The third kappa shape index (κ3) is 3.53. The second kappa shape index (κ2) is 6.73. The van der Waals surface area contributed by atoms with Crippen LogP contribution in [0.25, 0.3) is 0 Å². The van der Waals surface area contributed by atoms with Crippen LogP contribution in [-0.2, 0) is 4.74 Å². The summed E-state index contributed by atoms with van der Waals surface area (Å²) < 4.78 is 5.89. The zero-order chi connectivity index (χ0) is 14.8. The second-order valence-electron chi connectivity index (χ2n) is 7.07. The highest BCUT2D eigenvalue weighted by atomic mass is 16.5. The van der Waals surface area contributed by atoms with E-state index >= 15 is 0 Å². The highest BCUT2D eigenvalue weighted by Gasteiger charge is 2.40. The molecule has 0 amide bonds. The molecule has 1 unspecified atom stereocenters. The number of nitrogens with two attached hydrogens (primary N) is 1. The van der Waals surface area contributed by atoms with E-state index in [1.54, 1.807) is 0 Å². The van der Waals surface area contributed by atoms with Crippen molar-refractivity contribution in [3.05, 3.63) is 0 Å². The average Bonchev–Trinajstić information content (AvgIpc) is 2.60. The molecule has 2 rings (SSSR count). The Labute approximate surface area is 124 Å². The van der Waals surface area contributed by atoms with E-state index in [0.717, 1.165) is 19.6 Å². The standard InChI is InChI=1S/C16H33N3O/c1-13(2)18-8-5-6-16(12-17,7-9-18)19-10-14(3)20-15(4)11-19/h13-15H,5-12,17H2,1-4H3/t14-,15+,16?. The molecular formula is C16H33N3O. The first-order valence-electron chi connectivity index (χ1n) is 8.31. The van der Waals surface area contributed by atoms with Crippen LogP contribution in [0.5, 0.6) is 0 Å². The molecule has 2 aliphatic rings. The van der Waals surface area contributed by atoms with E-state index in [1.807, 2.05) is 0 Å². The van der Waals surface area contributed by atoms with Gasteiger partial charge in [0.05, 0.1) is 12.2 Å². The smallest absolute Gasteiger partial charge is 0.0678 e. The minimum absolute atomic E-state index is 0.190. The molecule has 2 heterocycles. The third-order valence-corrected chi connectivity index (χ3v) is 5.15. The van der Waals surface area contributed by atoms with Crippen molar-refractivity contribution in [1.29, 1.82) is 0 Å². The molecular weight excluding hydrogens is 250 g/mol. The molecule has 20 heavy (non-hydrogen) atoms. The summed E-state index contributed by atoms with van der Waals surface area (Å²) in [6, 6.07) is 0.645. The molecule has 4 heteroatoms. The van der Waals surface area contributed by atoms with Crippen molar-refractivity contribution in [3.8, 4) is 0 Å². The van der Waals surface area contributed by atoms with Crippen LogP contribution in [0.1, 0.15) is 47.0 Å². The van der Waals surface area contributed by atoms with Crippen molar-refractivity contribution in [2.45, 2.75) is 70.7 Å². The molecule has 2 fully saturated rings. The number of hydrogen-bond donors (Lipinski definition) is 1. The van der Waals surface area contributed by atoms with Crippen LogP contribution in [0.2, 0.25) is 0 Å². The Kier molecular flexibility index (Phi) is 5.46. The summed E-state index contributed by atoms with van der Waals surface area (Å²) >= 11 is 0. The predicted molar refractivity (Wildman–Crippen MR) is 83.9 cm³/mol. The molecule has 2 N–H and O–H groups in total. The van der Waals surface area contributed by atoms with Gasteiger partial charge in [-0.25, -0.2) is 0 Å². The Morgan fingerprint density at radius 1 is 1.15 bits per heavy atom. The zero-order valence-electron chi connectivity index (χ0n) is 13.8. The van der Waals surface area contributed by atoms with Crippen LogP contribution in [0.4, 0.5) is 0 Å². The van der Waals surface area contributed by atoms with Gasteiger partial charge in [0.25, 0.3) is 0 Å². The van der Waals surface area contributed by atoms with Crippen LogP contribution >= 0.6 is 0 Å². The van der Waals surface area contributed by atoms with E-state index in [-0.39, 0.29) is 5.54 Å². The lowest BCUT2D eigenvalue weighted by molar-refractivity contribution is -0.103. The fourth-order valence-corrected chi connectivity index (χ4v) is 3.93. The van der Waals surface area contributed by atoms with Gasteiger partial charge in [0.15, 0.2) is 0 Å². The summed E-state index contributed by atoms with van der Waals surface area (Å²) in [6.45, 7) is 14.2. The summed E-state index contributed by atoms with van der Waals surface area (Å²) in [4.78, 5) is 5.24. The molecule has 0 radical (unpaired) electrons. The second-order valence-corrected chi connectivity index (χ2v) is 7.07. The first kappa shape index (κ1) is 16.2. The van der Waals surface area contributed by atoms with Crippen LogP contribution in [0.3, 0.4) is 0 Å². The van der Waals surface area contributed by atoms with E-state index in [2.05, 4.69) is 37.5 Å². The maximum absolute atomic E-state index is 6.25. The Balaban J connectivity index is 2.08. The van der Waals surface area contributed by atoms with Crippen LogP contribution in [0, 0.1) is 0 Å². The maximum Gasteiger partial charge on any atom is 0.0678 e. The largest absolute Gasteiger partial charge is 0.373 e. The minimum atomic E-state index is 0.190. The lowest BCUT2D eigenvalue weighted by Gasteiger charge is -2.48. The Morgan fingerprint density at radius 3 is 2.35 bits per heavy atom. The number of likely N-dealkylation sites (tertiary alicyclic amines) is 1. The first-order valence-corrected chi connectivity index (χ1v) is 8.31. The molecule has 0 spiro atoms. The van der Waals surface area contributed by atoms with Crippen molar-refractivity contribution in [1.82, 2.24) is 9.80 Å². The Morgan fingerprint density at radius 2 is 1.80 bits per heavy atom. The number of rotatable bonds is 3. The fourth-order valence-electron chi connectivity index (χ4n) is 3.93. The molecule has 2 aliphatic heterocycles. The van der Waals surface area contributed by atoms with Gasteiger partial charge in [-0.05, 0) is 53.5 Å². The SMILES string of the molecule is CC(C)N1CCCC(CN)(N2C[C@@H](C)O[C@@H](C)C2)CC1. The van der Waals surface area contributed by atoms with Crippen LogP contribution in [-0.4, -0.2) is 66.3 Å². The Bertz CT molecular complexity index is 300. The van der Waals surface area contributed by atoms with E-state index < -0.39 is 0 Å². The summed E-state index contributed by atoms with van der Waals surface area (Å²) in [7, 11) is 0. The average molecular weight is 283 g/mol. The van der Waals surface area contributed by atoms with Crippen LogP contribution < -0.4 is 5.73 Å². The maximum atomic E-state index is 6.25. The summed E-state index contributed by atoms with van der Waals surface area (Å²) in [5.74, 6) is 0. The zero-order valence-corrected chi connectivity index (χ0v) is 13.8. The van der Waals surface area contributed by atoms with Gasteiger partial charge in [0.2, 0.25) is 0 Å². The number of nitrogens with zero attached hydrogens (tertiary/aromatic N) is 2. The third-order valence-electron chi connectivity index (χ3n) is 5.15. The summed E-state index contributed by atoms with van der Waals surface area (Å²) in [5.41, 5.74) is 6.44. The molecule has 0 aromatic heterocycles. The van der Waals surface area contributed by atoms with Gasteiger partial charge in [-0.15, -0.1) is 0 Å². The quantitative estimate of drug-likeness (QED) is 0.856. The van der Waals surface area contributed by atoms with Gasteiger partial charge in [-0.1, -0.05) is 0 Å². The highest BCUT2D eigenvalue weighted by molar-refractivity contribution is 4.97. The van der Waals surface area contributed by atoms with Gasteiger partial charge in [-0.3, -0.25) is 4.90 Å². The molecule has 0 bridgehead atoms. The molecule has 0 aromatic rings. The number of ether oxygens (including phenoxy) is 1. The first-order chi connectivity index (χ1) is 9.47. The summed E-state index contributed by atoms with van der Waals surface area (Å²) in [6.07, 6.45) is 4.33. The van der Waals surface area contributed by atoms with Crippen molar-refractivity contribution in [3.63, 3.8) is 0 Å². The normalized spacial score (nSPS) is 38.1. The van der Waals surface area contributed by atoms with E-state index in [1.165, 1.54) is 32.4 Å². The van der Waals surface area contributed by atoms with Crippen molar-refractivity contribution >= 4 is 0 Å². The van der Waals surface area contributed by atoms with Gasteiger partial charge >= 0.3 is 0 Å². The minimum Gasteiger partial charge on any atom is -0.373 e. The Hall–Kier alpha value is -0.160. The molecule has 3 atom stereocenters. The van der Waals surface area contributed by atoms with Gasteiger partial charge in [0.1, 0.15) is 0 Å². The van der Waals surface area contributed by atoms with Crippen molar-refractivity contribution in [2.24, 2.45) is 5.73 Å². The molecule has 0 aliphatic carbocycles. The molecule has 4 nitrogen and oxygen atoms in total. The number of hydrogen-bond acceptors (Lipinski definition) is 4. The van der Waals surface area contributed by atoms with Gasteiger partial charge in [0, 0.05) is 37.8 Å². The lowest BCUT2D eigenvalue weighted by Crippen LogP contribution is -2.60. The topological polar surface area (TPSA) is 41.7 Å². The van der Waals surface area contributed by atoms with E-state index in [9.17, 15) is 0 Å². The van der Waals surface area contributed by atoms with Gasteiger partial charge in [-0.2, -0.15) is 0 Å². The van der Waals surface area contributed by atoms with Crippen molar-refractivity contribution in [2.75, 3.05) is 32.7 Å². The lowest BCUT2D eigenvalue weighted by atomic mass is 9.87. The fraction of sp³-hybridized carbons (Fsp3) is 1.00.